The Bertz CT molecular complexity index is 729. The number of benzene rings is 1. The van der Waals surface area contributed by atoms with E-state index >= 15 is 0 Å². The van der Waals surface area contributed by atoms with Crippen LogP contribution in [0.3, 0.4) is 0 Å². The molecule has 0 radical (unpaired) electrons. The predicted octanol–water partition coefficient (Wildman–Crippen LogP) is 2.71. The van der Waals surface area contributed by atoms with E-state index in [4.69, 9.17) is 4.74 Å². The normalized spacial score (nSPS) is 11.9. The van der Waals surface area contributed by atoms with Crippen molar-refractivity contribution < 1.29 is 9.13 Å². The molecule has 1 aromatic heterocycles. The summed E-state index contributed by atoms with van der Waals surface area (Å²) in [6.45, 7) is 4.90. The third-order valence-electron chi connectivity index (χ3n) is 3.56. The number of nitrogens with one attached hydrogen (secondary N) is 1. The summed E-state index contributed by atoms with van der Waals surface area (Å²) in [6.07, 6.45) is 1.65. The molecule has 124 valence electrons. The van der Waals surface area contributed by atoms with Gasteiger partial charge in [0, 0.05) is 18.5 Å². The number of ether oxygens (including phenoxy) is 1. The number of rotatable bonds is 7. The molecule has 1 N–H and O–H groups in total. The highest BCUT2D eigenvalue weighted by atomic mass is 19.1. The fourth-order valence-electron chi connectivity index (χ4n) is 2.44. The molecule has 2 aromatic rings. The average Bonchev–Trinajstić information content (AvgIpc) is 2.85. The first kappa shape index (κ1) is 17.1. The third-order valence-corrected chi connectivity index (χ3v) is 3.56. The van der Waals surface area contributed by atoms with Crippen molar-refractivity contribution >= 4 is 5.71 Å². The third kappa shape index (κ3) is 3.96. The van der Waals surface area contributed by atoms with Gasteiger partial charge in [0.15, 0.2) is 0 Å². The Morgan fingerprint density at radius 3 is 2.65 bits per heavy atom. The number of aliphatic imine (C=N–C) groups is 1. The molecule has 5 nitrogen and oxygen atoms in total. The van der Waals surface area contributed by atoms with Gasteiger partial charge in [0.2, 0.25) is 0 Å². The lowest BCUT2D eigenvalue weighted by Crippen LogP contribution is -2.20. The van der Waals surface area contributed by atoms with E-state index in [1.807, 2.05) is 6.92 Å². The highest BCUT2D eigenvalue weighted by Crippen LogP contribution is 2.11. The van der Waals surface area contributed by atoms with E-state index in [0.717, 1.165) is 18.5 Å². The summed E-state index contributed by atoms with van der Waals surface area (Å²) in [6, 6.07) is 5.82. The van der Waals surface area contributed by atoms with E-state index in [1.54, 1.807) is 19.2 Å². The molecule has 1 heterocycles. The standard InChI is InChI=1S/C17H22FN3O2/c1-4-5-15-16(12(2)19-10-11-23-3)17(22)21(20-15)14-8-6-13(18)7-9-14/h6-9,20H,4-5,10-11H2,1-3H3. The van der Waals surface area contributed by atoms with Crippen LogP contribution in [-0.2, 0) is 11.2 Å². The van der Waals surface area contributed by atoms with Gasteiger partial charge in [-0.25, -0.2) is 9.07 Å². The van der Waals surface area contributed by atoms with Gasteiger partial charge in [-0.1, -0.05) is 13.3 Å². The average molecular weight is 319 g/mol. The molecule has 0 amide bonds. The fraction of sp³-hybridized carbons (Fsp3) is 0.412. The van der Waals surface area contributed by atoms with E-state index in [2.05, 4.69) is 17.0 Å². The van der Waals surface area contributed by atoms with Crippen molar-refractivity contribution in [3.05, 3.63) is 51.7 Å². The SMILES string of the molecule is CCCc1[nH]n(-c2ccc(F)cc2)c(=O)c1C(C)=NCCOC. The van der Waals surface area contributed by atoms with Crippen molar-refractivity contribution in [3.63, 3.8) is 0 Å². The number of aryl methyl sites for hydroxylation is 1. The molecule has 0 aliphatic carbocycles. The lowest BCUT2D eigenvalue weighted by atomic mass is 10.1. The maximum Gasteiger partial charge on any atom is 0.280 e. The molecule has 0 saturated carbocycles. The van der Waals surface area contributed by atoms with Crippen LogP contribution in [0.5, 0.6) is 0 Å². The Morgan fingerprint density at radius 2 is 2.04 bits per heavy atom. The molecule has 1 aromatic carbocycles. The Hall–Kier alpha value is -2.21. The molecule has 0 spiro atoms. The smallest absolute Gasteiger partial charge is 0.280 e. The van der Waals surface area contributed by atoms with Gasteiger partial charge >= 0.3 is 0 Å². The van der Waals surface area contributed by atoms with Gasteiger partial charge in [0.25, 0.3) is 5.56 Å². The molecule has 2 rings (SSSR count). The number of aromatic amines is 1. The molecular formula is C17H22FN3O2. The van der Waals surface area contributed by atoms with E-state index < -0.39 is 0 Å². The molecule has 0 saturated heterocycles. The molecular weight excluding hydrogens is 297 g/mol. The maximum absolute atomic E-state index is 13.1. The van der Waals surface area contributed by atoms with Gasteiger partial charge in [-0.05, 0) is 37.6 Å². The van der Waals surface area contributed by atoms with Gasteiger partial charge in [0.1, 0.15) is 5.82 Å². The molecule has 0 aliphatic heterocycles. The summed E-state index contributed by atoms with van der Waals surface area (Å²) in [5.74, 6) is -0.334. The summed E-state index contributed by atoms with van der Waals surface area (Å²) < 4.78 is 19.5. The zero-order valence-electron chi connectivity index (χ0n) is 13.7. The minimum atomic E-state index is -0.334. The maximum atomic E-state index is 13.1. The monoisotopic (exact) mass is 319 g/mol. The van der Waals surface area contributed by atoms with Crippen molar-refractivity contribution in [1.82, 2.24) is 9.78 Å². The van der Waals surface area contributed by atoms with Crippen LogP contribution in [0.2, 0.25) is 0 Å². The molecule has 0 fully saturated rings. The molecule has 0 aliphatic rings. The largest absolute Gasteiger partial charge is 0.383 e. The van der Waals surface area contributed by atoms with Gasteiger partial charge in [-0.15, -0.1) is 0 Å². The number of methoxy groups -OCH3 is 1. The molecule has 0 bridgehead atoms. The quantitative estimate of drug-likeness (QED) is 0.630. The summed E-state index contributed by atoms with van der Waals surface area (Å²) in [5.41, 5.74) is 2.56. The number of aromatic nitrogens is 2. The number of halogens is 1. The van der Waals surface area contributed by atoms with E-state index in [9.17, 15) is 9.18 Å². The van der Waals surface area contributed by atoms with Crippen LogP contribution in [0.25, 0.3) is 5.69 Å². The predicted molar refractivity (Wildman–Crippen MR) is 89.3 cm³/mol. The highest BCUT2D eigenvalue weighted by Gasteiger charge is 2.17. The minimum Gasteiger partial charge on any atom is -0.383 e. The fourth-order valence-corrected chi connectivity index (χ4v) is 2.44. The van der Waals surface area contributed by atoms with Crippen molar-refractivity contribution in [2.75, 3.05) is 20.3 Å². The Kier molecular flexibility index (Phi) is 5.87. The lowest BCUT2D eigenvalue weighted by Gasteiger charge is -2.01. The summed E-state index contributed by atoms with van der Waals surface area (Å²) >= 11 is 0. The lowest BCUT2D eigenvalue weighted by molar-refractivity contribution is 0.208. The summed E-state index contributed by atoms with van der Waals surface area (Å²) in [7, 11) is 1.62. The number of hydrogen-bond donors (Lipinski definition) is 1. The van der Waals surface area contributed by atoms with Gasteiger partial charge < -0.3 is 4.74 Å². The van der Waals surface area contributed by atoms with Crippen LogP contribution in [-0.4, -0.2) is 35.8 Å². The van der Waals surface area contributed by atoms with Crippen molar-refractivity contribution in [3.8, 4) is 5.69 Å². The molecule has 23 heavy (non-hydrogen) atoms. The highest BCUT2D eigenvalue weighted by molar-refractivity contribution is 5.99. The van der Waals surface area contributed by atoms with Crippen LogP contribution in [0.15, 0.2) is 34.1 Å². The molecule has 0 atom stereocenters. The van der Waals surface area contributed by atoms with Crippen LogP contribution in [0, 0.1) is 5.82 Å². The van der Waals surface area contributed by atoms with E-state index in [1.165, 1.54) is 16.8 Å². The van der Waals surface area contributed by atoms with E-state index in [-0.39, 0.29) is 11.4 Å². The number of hydrogen-bond acceptors (Lipinski definition) is 3. The summed E-state index contributed by atoms with van der Waals surface area (Å²) in [4.78, 5) is 17.2. The van der Waals surface area contributed by atoms with Gasteiger partial charge in [0.05, 0.1) is 24.4 Å². The van der Waals surface area contributed by atoms with Crippen molar-refractivity contribution in [1.29, 1.82) is 0 Å². The second-order valence-corrected chi connectivity index (χ2v) is 5.29. The molecule has 6 heteroatoms. The number of nitrogens with zero attached hydrogens (tertiary/aromatic N) is 2. The summed E-state index contributed by atoms with van der Waals surface area (Å²) in [5, 5.41) is 3.13. The first-order chi connectivity index (χ1) is 11.1. The minimum absolute atomic E-state index is 0.168. The van der Waals surface area contributed by atoms with Gasteiger partial charge in [-0.2, -0.15) is 0 Å². The van der Waals surface area contributed by atoms with E-state index in [0.29, 0.717) is 30.1 Å². The number of H-pyrrole nitrogens is 1. The first-order valence-electron chi connectivity index (χ1n) is 7.68. The Morgan fingerprint density at radius 1 is 1.35 bits per heavy atom. The zero-order chi connectivity index (χ0) is 16.8. The topological polar surface area (TPSA) is 59.4 Å². The van der Waals surface area contributed by atoms with Crippen LogP contribution in [0.1, 0.15) is 31.5 Å². The van der Waals surface area contributed by atoms with Crippen LogP contribution < -0.4 is 5.56 Å². The van der Waals surface area contributed by atoms with Crippen LogP contribution in [0.4, 0.5) is 4.39 Å². The Balaban J connectivity index is 2.47. The van der Waals surface area contributed by atoms with Crippen molar-refractivity contribution in [2.45, 2.75) is 26.7 Å². The zero-order valence-corrected chi connectivity index (χ0v) is 13.7. The Labute approximate surface area is 134 Å². The first-order valence-corrected chi connectivity index (χ1v) is 7.68. The second-order valence-electron chi connectivity index (χ2n) is 5.29. The molecule has 0 unspecified atom stereocenters. The second kappa shape index (κ2) is 7.87. The van der Waals surface area contributed by atoms with Crippen LogP contribution >= 0.6 is 0 Å². The van der Waals surface area contributed by atoms with Crippen molar-refractivity contribution in [2.24, 2.45) is 4.99 Å². The van der Waals surface area contributed by atoms with Gasteiger partial charge in [-0.3, -0.25) is 14.9 Å².